The molecule has 4 rings (SSSR count). The summed E-state index contributed by atoms with van der Waals surface area (Å²) >= 11 is 0. The number of hydrogen-bond acceptors (Lipinski definition) is 13. The Morgan fingerprint density at radius 2 is 0.855 bits per heavy atom. The van der Waals surface area contributed by atoms with Crippen LogP contribution in [0.4, 0.5) is 0 Å². The van der Waals surface area contributed by atoms with Crippen LogP contribution in [0.1, 0.15) is 22.3 Å². The summed E-state index contributed by atoms with van der Waals surface area (Å²) in [5.74, 6) is 0.548. The van der Waals surface area contributed by atoms with Crippen molar-refractivity contribution in [2.75, 3.05) is 47.1 Å². The zero-order valence-electron chi connectivity index (χ0n) is 31.2. The molecule has 55 heavy (non-hydrogen) atoms. The summed E-state index contributed by atoms with van der Waals surface area (Å²) in [6.07, 6.45) is 2.51. The molecule has 0 spiro atoms. The zero-order chi connectivity index (χ0) is 40.4. The number of rotatable bonds is 20. The van der Waals surface area contributed by atoms with Gasteiger partial charge in [-0.3, -0.25) is 0 Å². The van der Waals surface area contributed by atoms with E-state index >= 15 is 0 Å². The molecular weight excluding hydrogens is 757 g/mol. The van der Waals surface area contributed by atoms with Gasteiger partial charge in [0.25, 0.3) is 0 Å². The molecule has 298 valence electrons. The van der Waals surface area contributed by atoms with Crippen molar-refractivity contribution in [2.24, 2.45) is 0 Å². The molecule has 0 amide bonds. The predicted molar refractivity (Wildman–Crippen MR) is 204 cm³/mol. The van der Waals surface area contributed by atoms with Gasteiger partial charge in [0.1, 0.15) is 23.0 Å². The Kier molecular flexibility index (Phi) is 17.4. The molecule has 1 N–H and O–H groups in total. The molecule has 2 unspecified atom stereocenters. The summed E-state index contributed by atoms with van der Waals surface area (Å²) in [5, 5.41) is 9.00. The average Bonchev–Trinajstić information content (AvgIpc) is 3.14. The van der Waals surface area contributed by atoms with Gasteiger partial charge in [-0.2, -0.15) is 16.8 Å². The van der Waals surface area contributed by atoms with E-state index in [2.05, 4.69) is 0 Å². The van der Waals surface area contributed by atoms with E-state index in [4.69, 9.17) is 37.2 Å². The first kappa shape index (κ1) is 44.2. The lowest BCUT2D eigenvalue weighted by atomic mass is 10.1. The summed E-state index contributed by atoms with van der Waals surface area (Å²) in [6.45, 7) is 0.913. The summed E-state index contributed by atoms with van der Waals surface area (Å²) in [6, 6.07) is 28.2. The Balaban J connectivity index is 0.000000296. The lowest BCUT2D eigenvalue weighted by molar-refractivity contribution is -0.152. The second-order valence-electron chi connectivity index (χ2n) is 12.1. The van der Waals surface area contributed by atoms with Crippen LogP contribution in [0.25, 0.3) is 0 Å². The minimum Gasteiger partial charge on any atom is -0.493 e. The van der Waals surface area contributed by atoms with Crippen molar-refractivity contribution in [3.63, 3.8) is 0 Å². The highest BCUT2D eigenvalue weighted by atomic mass is 32.2. The van der Waals surface area contributed by atoms with Gasteiger partial charge in [0.05, 0.1) is 32.8 Å². The number of esters is 1. The van der Waals surface area contributed by atoms with E-state index in [1.54, 1.807) is 60.7 Å². The third kappa shape index (κ3) is 17.2. The van der Waals surface area contributed by atoms with Gasteiger partial charge >= 0.3 is 32.2 Å². The Hall–Kier alpha value is -5.16. The summed E-state index contributed by atoms with van der Waals surface area (Å²) in [4.78, 5) is 22.5. The Labute approximate surface area is 322 Å². The molecule has 0 heterocycles. The molecule has 0 aliphatic carbocycles. The molecule has 14 nitrogen and oxygen atoms in total. The van der Waals surface area contributed by atoms with Crippen LogP contribution in [0.3, 0.4) is 0 Å². The highest BCUT2D eigenvalue weighted by Crippen LogP contribution is 2.19. The molecule has 0 bridgehead atoms. The minimum atomic E-state index is -3.53. The van der Waals surface area contributed by atoms with Crippen LogP contribution in [0.5, 0.6) is 23.0 Å². The number of methoxy groups -OCH3 is 3. The van der Waals surface area contributed by atoms with Gasteiger partial charge in [-0.25, -0.2) is 9.59 Å². The van der Waals surface area contributed by atoms with Gasteiger partial charge in [-0.1, -0.05) is 48.5 Å². The number of carbonyl (C=O) groups is 2. The number of ether oxygens (including phenoxy) is 5. The van der Waals surface area contributed by atoms with Crippen LogP contribution >= 0.6 is 0 Å². The molecule has 0 aromatic heterocycles. The second-order valence-corrected chi connectivity index (χ2v) is 15.2. The fourth-order valence-electron chi connectivity index (χ4n) is 4.88. The minimum absolute atomic E-state index is 0.272. The lowest BCUT2D eigenvalue weighted by Gasteiger charge is -2.13. The van der Waals surface area contributed by atoms with E-state index < -0.39 is 44.4 Å². The third-order valence-corrected chi connectivity index (χ3v) is 8.65. The van der Waals surface area contributed by atoms with E-state index in [1.807, 2.05) is 36.4 Å². The molecular formula is C39H46O14S2. The predicted octanol–water partition coefficient (Wildman–Crippen LogP) is 4.67. The maximum absolute atomic E-state index is 11.6. The Morgan fingerprint density at radius 3 is 1.16 bits per heavy atom. The summed E-state index contributed by atoms with van der Waals surface area (Å²) < 4.78 is 80.1. The summed E-state index contributed by atoms with van der Waals surface area (Å²) in [7, 11) is -2.87. The normalized spacial score (nSPS) is 12.3. The van der Waals surface area contributed by atoms with Gasteiger partial charge in [0.15, 0.2) is 12.2 Å². The van der Waals surface area contributed by atoms with Crippen LogP contribution in [-0.4, -0.2) is 93.1 Å². The molecule has 2 atom stereocenters. The van der Waals surface area contributed by atoms with Gasteiger partial charge < -0.3 is 37.2 Å². The largest absolute Gasteiger partial charge is 0.493 e. The van der Waals surface area contributed by atoms with E-state index in [1.165, 1.54) is 21.3 Å². The third-order valence-electron chi connectivity index (χ3n) is 7.66. The molecule has 4 aromatic carbocycles. The first-order chi connectivity index (χ1) is 26.1. The van der Waals surface area contributed by atoms with Crippen LogP contribution in [0.15, 0.2) is 97.1 Å². The van der Waals surface area contributed by atoms with Crippen molar-refractivity contribution < 1.29 is 63.6 Å². The van der Waals surface area contributed by atoms with Crippen molar-refractivity contribution in [3.8, 4) is 23.0 Å². The fourth-order valence-corrected chi connectivity index (χ4v) is 5.81. The molecule has 0 saturated heterocycles. The first-order valence-corrected chi connectivity index (χ1v) is 20.5. The smallest absolute Gasteiger partial charge is 0.335 e. The molecule has 0 saturated carbocycles. The van der Waals surface area contributed by atoms with Crippen molar-refractivity contribution >= 4 is 32.2 Å². The first-order valence-electron chi connectivity index (χ1n) is 16.8. The number of carboxylic acid groups (broad SMARTS) is 1. The van der Waals surface area contributed by atoms with Crippen molar-refractivity contribution in [2.45, 2.75) is 37.9 Å². The topological polar surface area (TPSA) is 187 Å². The van der Waals surface area contributed by atoms with Crippen LogP contribution in [0, 0.1) is 0 Å². The van der Waals surface area contributed by atoms with E-state index in [0.717, 1.165) is 34.8 Å². The zero-order valence-corrected chi connectivity index (χ0v) is 32.8. The quantitative estimate of drug-likeness (QED) is 0.0960. The monoisotopic (exact) mass is 802 g/mol. The van der Waals surface area contributed by atoms with Gasteiger partial charge in [0, 0.05) is 39.9 Å². The molecule has 0 aliphatic heterocycles. The summed E-state index contributed by atoms with van der Waals surface area (Å²) in [5.41, 5.74) is 3.76. The van der Waals surface area contributed by atoms with Crippen LogP contribution in [-0.2, 0) is 69.7 Å². The van der Waals surface area contributed by atoms with Crippen LogP contribution in [0.2, 0.25) is 0 Å². The van der Waals surface area contributed by atoms with Gasteiger partial charge in [-0.05, 0) is 70.8 Å². The molecule has 0 fully saturated rings. The molecule has 16 heteroatoms. The van der Waals surface area contributed by atoms with E-state index in [-0.39, 0.29) is 17.9 Å². The maximum atomic E-state index is 11.6. The van der Waals surface area contributed by atoms with Gasteiger partial charge in [0.2, 0.25) is 0 Å². The van der Waals surface area contributed by atoms with Crippen LogP contribution < -0.4 is 17.8 Å². The second kappa shape index (κ2) is 21.7. The van der Waals surface area contributed by atoms with Gasteiger partial charge in [-0.15, -0.1) is 0 Å². The van der Waals surface area contributed by atoms with E-state index in [0.29, 0.717) is 44.0 Å². The number of hydrogen-bond donors (Lipinski definition) is 1. The molecule has 0 radical (unpaired) electrons. The molecule has 0 aliphatic rings. The van der Waals surface area contributed by atoms with Crippen molar-refractivity contribution in [1.82, 2.24) is 0 Å². The number of benzene rings is 4. The number of carbonyl (C=O) groups excluding carboxylic acids is 1. The highest BCUT2D eigenvalue weighted by molar-refractivity contribution is 7.86. The standard InChI is InChI=1S/C20H24O7S.C19H22O7S/c1-24-19(20(21)25-2)14-16-6-8-17(9-7-16)26-13-12-15-4-10-18(11-5-15)27-28(3,22)23;1-24-18(19(20)21)13-15-5-7-16(8-6-15)25-12-11-14-3-9-17(10-4-14)26-27(2,22)23/h4-11,19H,12-14H2,1-3H3;3-10,18H,11-13H2,1-2H3,(H,20,21). The fraction of sp³-hybridized carbons (Fsp3) is 0.333. The Bertz CT molecular complexity index is 2000. The Morgan fingerprint density at radius 1 is 0.527 bits per heavy atom. The number of carboxylic acids is 1. The van der Waals surface area contributed by atoms with E-state index in [9.17, 15) is 26.4 Å². The SMILES string of the molecule is COC(=O)C(Cc1ccc(OCCc2ccc(OS(C)(=O)=O)cc2)cc1)OC.COC(Cc1ccc(OCCc2ccc(OS(C)(=O)=O)cc2)cc1)C(=O)O. The lowest BCUT2D eigenvalue weighted by Crippen LogP contribution is -2.26. The number of aliphatic carboxylic acids is 1. The highest BCUT2D eigenvalue weighted by Gasteiger charge is 2.19. The average molecular weight is 803 g/mol. The molecule has 4 aromatic rings. The van der Waals surface area contributed by atoms with Crippen molar-refractivity contribution in [1.29, 1.82) is 0 Å². The maximum Gasteiger partial charge on any atom is 0.335 e. The van der Waals surface area contributed by atoms with Crippen molar-refractivity contribution in [3.05, 3.63) is 119 Å².